The van der Waals surface area contributed by atoms with Crippen molar-refractivity contribution < 1.29 is 64.8 Å². The van der Waals surface area contributed by atoms with Crippen molar-refractivity contribution >= 4 is 13.6 Å². The molecule has 1 saturated heterocycles. The number of hydrogen-bond acceptors (Lipinski definition) is 8. The topological polar surface area (TPSA) is 177 Å². The molecule has 120 valence electrons. The number of phosphoric acid groups is 1. The Labute approximate surface area is 147 Å². The molecule has 1 fully saturated rings. The Morgan fingerprint density at radius 1 is 1.45 bits per heavy atom. The molecule has 0 unspecified atom stereocenters. The molecule has 13 heteroatoms. The molecule has 6 N–H and O–H groups in total. The number of anilines is 1. The zero-order valence-corrected chi connectivity index (χ0v) is 14.4. The van der Waals surface area contributed by atoms with E-state index in [2.05, 4.69) is 9.51 Å². The summed E-state index contributed by atoms with van der Waals surface area (Å²) >= 11 is 0. The number of aliphatic hydroxyl groups is 2. The largest absolute Gasteiger partial charge is 1.00 e. The Balaban J connectivity index is 0.00000242. The third-order valence-corrected chi connectivity index (χ3v) is 3.36. The van der Waals surface area contributed by atoms with Gasteiger partial charge in [0.05, 0.1) is 6.61 Å². The zero-order chi connectivity index (χ0) is 15.8. The van der Waals surface area contributed by atoms with E-state index < -0.39 is 44.7 Å². The van der Waals surface area contributed by atoms with Gasteiger partial charge in [-0.15, -0.1) is 0 Å². The van der Waals surface area contributed by atoms with Crippen molar-refractivity contribution in [3.63, 3.8) is 0 Å². The molecule has 1 aromatic rings. The number of rotatable bonds is 4. The van der Waals surface area contributed by atoms with E-state index in [-0.39, 0.29) is 36.8 Å². The Morgan fingerprint density at radius 2 is 2.09 bits per heavy atom. The van der Waals surface area contributed by atoms with E-state index in [1.165, 1.54) is 12.3 Å². The predicted octanol–water partition coefficient (Wildman–Crippen LogP) is -5.33. The van der Waals surface area contributed by atoms with Gasteiger partial charge in [-0.3, -0.25) is 9.09 Å². The number of nitrogen functional groups attached to an aromatic ring is 1. The Bertz CT molecular complexity index is 627. The second-order valence-corrected chi connectivity index (χ2v) is 5.61. The van der Waals surface area contributed by atoms with E-state index in [4.69, 9.17) is 20.3 Å². The minimum atomic E-state index is -4.74. The van der Waals surface area contributed by atoms with Crippen LogP contribution >= 0.6 is 7.82 Å². The third-order valence-electron chi connectivity index (χ3n) is 2.87. The maximum absolute atomic E-state index is 11.6. The molecule has 0 bridgehead atoms. The molecule has 4 atom stereocenters. The Morgan fingerprint density at radius 3 is 2.64 bits per heavy atom. The quantitative estimate of drug-likeness (QED) is 0.261. The van der Waals surface area contributed by atoms with Gasteiger partial charge in [-0.25, -0.2) is 9.36 Å². The van der Waals surface area contributed by atoms with Crippen LogP contribution < -0.4 is 41.0 Å². The fraction of sp³-hybridized carbons (Fsp3) is 0.556. The summed E-state index contributed by atoms with van der Waals surface area (Å²) in [6, 6.07) is 1.29. The minimum absolute atomic E-state index is 0. The molecule has 0 aromatic carbocycles. The van der Waals surface area contributed by atoms with Crippen LogP contribution in [0, 0.1) is 0 Å². The van der Waals surface area contributed by atoms with Crippen molar-refractivity contribution in [3.8, 4) is 0 Å². The second kappa shape index (κ2) is 7.49. The van der Waals surface area contributed by atoms with Crippen LogP contribution in [0.25, 0.3) is 0 Å². The van der Waals surface area contributed by atoms with Crippen LogP contribution in [0.1, 0.15) is 7.65 Å². The van der Waals surface area contributed by atoms with Gasteiger partial charge in [-0.1, -0.05) is 0 Å². The molecule has 0 aliphatic carbocycles. The van der Waals surface area contributed by atoms with Crippen LogP contribution in [0.5, 0.6) is 0 Å². The molecule has 0 saturated carbocycles. The Kier molecular flexibility index (Phi) is 6.72. The van der Waals surface area contributed by atoms with E-state index in [0.717, 1.165) is 4.57 Å². The number of nitrogens with zero attached hydrogens (tertiary/aromatic N) is 2. The number of aliphatic hydroxyl groups excluding tert-OH is 2. The smallest absolute Gasteiger partial charge is 1.00 e. The van der Waals surface area contributed by atoms with Crippen LogP contribution in [0.2, 0.25) is 0 Å². The van der Waals surface area contributed by atoms with E-state index in [9.17, 15) is 19.6 Å². The van der Waals surface area contributed by atoms with Gasteiger partial charge >= 0.3 is 43.1 Å². The summed E-state index contributed by atoms with van der Waals surface area (Å²) in [6.45, 7) is -0.657. The summed E-state index contributed by atoms with van der Waals surface area (Å²) in [6.07, 6.45) is -4.27. The fourth-order valence-electron chi connectivity index (χ4n) is 1.89. The van der Waals surface area contributed by atoms with Gasteiger partial charge in [-0.05, 0) is 6.07 Å². The van der Waals surface area contributed by atoms with Crippen molar-refractivity contribution in [1.29, 1.82) is 0 Å². The summed E-state index contributed by atoms with van der Waals surface area (Å²) in [4.78, 5) is 32.3. The van der Waals surface area contributed by atoms with Gasteiger partial charge < -0.3 is 31.9 Å². The molecule has 1 aliphatic rings. The molecule has 11 nitrogen and oxygen atoms in total. The van der Waals surface area contributed by atoms with Crippen LogP contribution in [-0.4, -0.2) is 54.5 Å². The minimum Gasteiger partial charge on any atom is -1.00 e. The third kappa shape index (κ3) is 4.59. The summed E-state index contributed by atoms with van der Waals surface area (Å²) in [5.41, 5.74) is 4.52. The first-order valence-electron chi connectivity index (χ1n) is 5.75. The van der Waals surface area contributed by atoms with E-state index in [0.29, 0.717) is 0 Å². The predicted molar refractivity (Wildman–Crippen MR) is 67.9 cm³/mol. The van der Waals surface area contributed by atoms with Crippen molar-refractivity contribution in [2.24, 2.45) is 0 Å². The van der Waals surface area contributed by atoms with Gasteiger partial charge in [0.1, 0.15) is 24.1 Å². The maximum Gasteiger partial charge on any atom is 1.00 e. The molecular formula is C9H15N3NaO8P. The van der Waals surface area contributed by atoms with Gasteiger partial charge in [0.25, 0.3) is 0 Å². The summed E-state index contributed by atoms with van der Waals surface area (Å²) in [7, 11) is -4.74. The van der Waals surface area contributed by atoms with E-state index in [1.54, 1.807) is 0 Å². The summed E-state index contributed by atoms with van der Waals surface area (Å²) < 4.78 is 20.9. The summed E-state index contributed by atoms with van der Waals surface area (Å²) in [5, 5.41) is 19.6. The monoisotopic (exact) mass is 347 g/mol. The van der Waals surface area contributed by atoms with Crippen molar-refractivity contribution in [3.05, 3.63) is 22.7 Å². The molecular weight excluding hydrogens is 332 g/mol. The normalized spacial score (nSPS) is 28.4. The number of phosphoric ester groups is 1. The molecule has 0 amide bonds. The van der Waals surface area contributed by atoms with E-state index in [1.807, 2.05) is 0 Å². The average Bonchev–Trinajstić information content (AvgIpc) is 2.64. The molecule has 2 heterocycles. The van der Waals surface area contributed by atoms with Crippen LogP contribution in [0.3, 0.4) is 0 Å². The number of nitrogens with two attached hydrogens (primary N) is 1. The average molecular weight is 347 g/mol. The molecule has 0 radical (unpaired) electrons. The molecule has 2 rings (SSSR count). The number of aromatic nitrogens is 2. The molecule has 1 aromatic heterocycles. The van der Waals surface area contributed by atoms with Crippen LogP contribution in [0.15, 0.2) is 17.1 Å². The first-order valence-corrected chi connectivity index (χ1v) is 7.28. The second-order valence-electron chi connectivity index (χ2n) is 4.37. The standard InChI is InChI=1S/C9H14N3O8P.Na.H/c10-5-1-2-12(9(15)11-5)8-7(14)6(13)4(20-8)3-19-21(16,17)18;;/h1-2,4,6-8,13-14H,3H2,(H2,10,11,15)(H2,16,17,18);;/q;+1;-1/t4-,6-,7-,8+;;/m1../s1. The van der Waals surface area contributed by atoms with E-state index >= 15 is 0 Å². The maximum atomic E-state index is 11.6. The van der Waals surface area contributed by atoms with Crippen LogP contribution in [-0.2, 0) is 13.8 Å². The van der Waals surface area contributed by atoms with Crippen molar-refractivity contribution in [2.45, 2.75) is 24.5 Å². The van der Waals surface area contributed by atoms with Crippen molar-refractivity contribution in [1.82, 2.24) is 9.55 Å². The molecule has 22 heavy (non-hydrogen) atoms. The Hall–Kier alpha value is -0.330. The van der Waals surface area contributed by atoms with Gasteiger partial charge in [-0.2, -0.15) is 4.98 Å². The zero-order valence-electron chi connectivity index (χ0n) is 12.5. The number of hydrogen-bond donors (Lipinski definition) is 5. The SMILES string of the molecule is Nc1ccn([C@H]2O[C@H](COP(=O)(O)O)[C@@H](O)[C@H]2O)c(=O)n1.[H-].[Na+]. The first kappa shape index (κ1) is 19.7. The molecule has 0 spiro atoms. The first-order chi connectivity index (χ1) is 9.69. The van der Waals surface area contributed by atoms with Crippen molar-refractivity contribution in [2.75, 3.05) is 12.3 Å². The van der Waals surface area contributed by atoms with Crippen LogP contribution in [0.4, 0.5) is 5.82 Å². The summed E-state index contributed by atoms with van der Waals surface area (Å²) in [5.74, 6) is -0.0225. The molecule has 1 aliphatic heterocycles. The fourth-order valence-corrected chi connectivity index (χ4v) is 2.23. The van der Waals surface area contributed by atoms with Gasteiger partial charge in [0, 0.05) is 6.20 Å². The number of ether oxygens (including phenoxy) is 1. The van der Waals surface area contributed by atoms with Gasteiger partial charge in [0.2, 0.25) is 0 Å². The van der Waals surface area contributed by atoms with Gasteiger partial charge in [0.15, 0.2) is 6.23 Å².